The second-order valence-corrected chi connectivity index (χ2v) is 5.92. The minimum Gasteiger partial charge on any atom is -0.348 e. The van der Waals surface area contributed by atoms with Crippen LogP contribution in [-0.4, -0.2) is 20.7 Å². The van der Waals surface area contributed by atoms with Crippen molar-refractivity contribution in [2.75, 3.05) is 0 Å². The van der Waals surface area contributed by atoms with Crippen LogP contribution in [0.25, 0.3) is 5.69 Å². The molecule has 6 heteroatoms. The van der Waals surface area contributed by atoms with Crippen molar-refractivity contribution in [3.63, 3.8) is 0 Å². The van der Waals surface area contributed by atoms with Gasteiger partial charge in [0.1, 0.15) is 12.7 Å². The van der Waals surface area contributed by atoms with Crippen molar-refractivity contribution < 1.29 is 4.79 Å². The van der Waals surface area contributed by atoms with Crippen LogP contribution < -0.4 is 5.32 Å². The summed E-state index contributed by atoms with van der Waals surface area (Å²) in [6, 6.07) is 13.5. The lowest BCUT2D eigenvalue weighted by Crippen LogP contribution is -2.23. The molecule has 23 heavy (non-hydrogen) atoms. The summed E-state index contributed by atoms with van der Waals surface area (Å²) in [6.07, 6.45) is 3.14. The van der Waals surface area contributed by atoms with E-state index >= 15 is 0 Å². The van der Waals surface area contributed by atoms with Crippen LogP contribution >= 0.6 is 15.9 Å². The Kier molecular flexibility index (Phi) is 4.52. The van der Waals surface area contributed by atoms with Crippen molar-refractivity contribution in [2.45, 2.75) is 13.5 Å². The highest BCUT2D eigenvalue weighted by Gasteiger charge is 2.10. The third-order valence-corrected chi connectivity index (χ3v) is 4.56. The third-order valence-electron chi connectivity index (χ3n) is 3.51. The first-order chi connectivity index (χ1) is 11.1. The first-order valence-electron chi connectivity index (χ1n) is 7.12. The van der Waals surface area contributed by atoms with E-state index in [0.29, 0.717) is 12.1 Å². The van der Waals surface area contributed by atoms with Gasteiger partial charge in [0.25, 0.3) is 5.91 Å². The molecule has 3 aromatic rings. The molecular weight excluding hydrogens is 356 g/mol. The zero-order valence-corrected chi connectivity index (χ0v) is 14.1. The summed E-state index contributed by atoms with van der Waals surface area (Å²) in [6.45, 7) is 2.43. The number of nitrogens with zero attached hydrogens (tertiary/aromatic N) is 3. The number of aryl methyl sites for hydroxylation is 1. The summed E-state index contributed by atoms with van der Waals surface area (Å²) in [4.78, 5) is 16.2. The minimum atomic E-state index is -0.0964. The smallest absolute Gasteiger partial charge is 0.252 e. The van der Waals surface area contributed by atoms with Gasteiger partial charge in [0.2, 0.25) is 0 Å². The summed E-state index contributed by atoms with van der Waals surface area (Å²) in [5.41, 5.74) is 3.63. The van der Waals surface area contributed by atoms with E-state index in [1.807, 2.05) is 43.3 Å². The maximum Gasteiger partial charge on any atom is 0.252 e. The van der Waals surface area contributed by atoms with Gasteiger partial charge in [-0.3, -0.25) is 4.79 Å². The molecule has 3 rings (SSSR count). The van der Waals surface area contributed by atoms with Crippen molar-refractivity contribution in [1.82, 2.24) is 20.1 Å². The molecular formula is C17H15BrN4O. The van der Waals surface area contributed by atoms with Crippen molar-refractivity contribution in [3.05, 3.63) is 76.3 Å². The lowest BCUT2D eigenvalue weighted by molar-refractivity contribution is 0.0950. The van der Waals surface area contributed by atoms with E-state index in [1.165, 1.54) is 6.33 Å². The van der Waals surface area contributed by atoms with Crippen molar-refractivity contribution in [3.8, 4) is 5.69 Å². The fourth-order valence-corrected chi connectivity index (χ4v) is 2.65. The summed E-state index contributed by atoms with van der Waals surface area (Å²) in [5, 5.41) is 7.01. The molecule has 2 aromatic carbocycles. The number of hydrogen-bond acceptors (Lipinski definition) is 3. The van der Waals surface area contributed by atoms with Crippen LogP contribution in [0.3, 0.4) is 0 Å². The van der Waals surface area contributed by atoms with Gasteiger partial charge < -0.3 is 5.32 Å². The van der Waals surface area contributed by atoms with Gasteiger partial charge in [-0.1, -0.05) is 24.3 Å². The van der Waals surface area contributed by atoms with Crippen LogP contribution in [0.5, 0.6) is 0 Å². The highest BCUT2D eigenvalue weighted by molar-refractivity contribution is 9.10. The van der Waals surface area contributed by atoms with Crippen molar-refractivity contribution in [2.24, 2.45) is 0 Å². The second-order valence-electron chi connectivity index (χ2n) is 5.13. The third kappa shape index (κ3) is 3.48. The predicted octanol–water partition coefficient (Wildman–Crippen LogP) is 3.27. The Hall–Kier alpha value is -2.47. The molecule has 1 aromatic heterocycles. The highest BCUT2D eigenvalue weighted by atomic mass is 79.9. The summed E-state index contributed by atoms with van der Waals surface area (Å²) in [5.74, 6) is -0.0964. The molecule has 0 spiro atoms. The van der Waals surface area contributed by atoms with E-state index in [2.05, 4.69) is 31.3 Å². The number of hydrogen-bond donors (Lipinski definition) is 1. The van der Waals surface area contributed by atoms with Gasteiger partial charge in [-0.25, -0.2) is 9.67 Å². The second kappa shape index (κ2) is 6.75. The van der Waals surface area contributed by atoms with Gasteiger partial charge in [-0.2, -0.15) is 5.10 Å². The number of rotatable bonds is 4. The first-order valence-corrected chi connectivity index (χ1v) is 7.91. The maximum atomic E-state index is 12.3. The largest absolute Gasteiger partial charge is 0.348 e. The SMILES string of the molecule is Cc1cccc(C(=O)NCc2ccc(-n3cncn3)cc2)c1Br. The number of halogens is 1. The Balaban J connectivity index is 1.66. The van der Waals surface area contributed by atoms with E-state index in [0.717, 1.165) is 21.3 Å². The molecule has 0 bridgehead atoms. The fourth-order valence-electron chi connectivity index (χ4n) is 2.21. The molecule has 0 atom stereocenters. The molecule has 1 amide bonds. The van der Waals surface area contributed by atoms with Gasteiger partial charge in [-0.15, -0.1) is 0 Å². The van der Waals surface area contributed by atoms with Crippen molar-refractivity contribution in [1.29, 1.82) is 0 Å². The van der Waals surface area contributed by atoms with E-state index in [1.54, 1.807) is 17.1 Å². The van der Waals surface area contributed by atoms with E-state index < -0.39 is 0 Å². The van der Waals surface area contributed by atoms with Gasteiger partial charge >= 0.3 is 0 Å². The van der Waals surface area contributed by atoms with Crippen LogP contribution in [0, 0.1) is 6.92 Å². The lowest BCUT2D eigenvalue weighted by atomic mass is 10.1. The molecule has 0 saturated carbocycles. The van der Waals surface area contributed by atoms with E-state index in [4.69, 9.17) is 0 Å². The molecule has 1 N–H and O–H groups in total. The molecule has 5 nitrogen and oxygen atoms in total. The van der Waals surface area contributed by atoms with Crippen LogP contribution in [0.2, 0.25) is 0 Å². The zero-order valence-electron chi connectivity index (χ0n) is 12.5. The molecule has 0 aliphatic heterocycles. The Morgan fingerprint density at radius 2 is 2.00 bits per heavy atom. The molecule has 116 valence electrons. The van der Waals surface area contributed by atoms with Crippen LogP contribution in [0.1, 0.15) is 21.5 Å². The summed E-state index contributed by atoms with van der Waals surface area (Å²) in [7, 11) is 0. The monoisotopic (exact) mass is 370 g/mol. The number of carbonyl (C=O) groups is 1. The number of nitrogens with one attached hydrogen (secondary N) is 1. The zero-order chi connectivity index (χ0) is 16.2. The predicted molar refractivity (Wildman–Crippen MR) is 91.4 cm³/mol. The minimum absolute atomic E-state index is 0.0964. The van der Waals surface area contributed by atoms with Crippen LogP contribution in [0.15, 0.2) is 59.6 Å². The van der Waals surface area contributed by atoms with Gasteiger partial charge in [0, 0.05) is 11.0 Å². The molecule has 0 saturated heterocycles. The number of amides is 1. The topological polar surface area (TPSA) is 59.8 Å². The Labute approximate surface area is 142 Å². The lowest BCUT2D eigenvalue weighted by Gasteiger charge is -2.09. The highest BCUT2D eigenvalue weighted by Crippen LogP contribution is 2.21. The Morgan fingerprint density at radius 3 is 2.70 bits per heavy atom. The van der Waals surface area contributed by atoms with Gasteiger partial charge in [-0.05, 0) is 52.2 Å². The molecule has 0 unspecified atom stereocenters. The van der Waals surface area contributed by atoms with E-state index in [9.17, 15) is 4.79 Å². The number of benzene rings is 2. The Bertz CT molecular complexity index is 813. The van der Waals surface area contributed by atoms with Gasteiger partial charge in [0.15, 0.2) is 0 Å². The van der Waals surface area contributed by atoms with Crippen LogP contribution in [0.4, 0.5) is 0 Å². The summed E-state index contributed by atoms with van der Waals surface area (Å²) >= 11 is 3.46. The molecule has 0 radical (unpaired) electrons. The Morgan fingerprint density at radius 1 is 1.22 bits per heavy atom. The normalized spacial score (nSPS) is 10.5. The number of carbonyl (C=O) groups excluding carboxylic acids is 1. The first kappa shape index (κ1) is 15.4. The average molecular weight is 371 g/mol. The van der Waals surface area contributed by atoms with Crippen molar-refractivity contribution >= 4 is 21.8 Å². The molecule has 0 fully saturated rings. The van der Waals surface area contributed by atoms with E-state index in [-0.39, 0.29) is 5.91 Å². The summed E-state index contributed by atoms with van der Waals surface area (Å²) < 4.78 is 2.52. The molecule has 0 aliphatic rings. The van der Waals surface area contributed by atoms with Crippen LogP contribution in [-0.2, 0) is 6.54 Å². The number of aromatic nitrogens is 3. The molecule has 1 heterocycles. The standard InChI is InChI=1S/C17H15BrN4O/c1-12-3-2-4-15(16(12)18)17(23)20-9-13-5-7-14(8-6-13)22-11-19-10-21-22/h2-8,10-11H,9H2,1H3,(H,20,23). The van der Waals surface area contributed by atoms with Gasteiger partial charge in [0.05, 0.1) is 11.3 Å². The average Bonchev–Trinajstić information content (AvgIpc) is 3.10. The molecule has 0 aliphatic carbocycles. The fraction of sp³-hybridized carbons (Fsp3) is 0.118. The quantitative estimate of drug-likeness (QED) is 0.766. The maximum absolute atomic E-state index is 12.3.